The second-order valence-electron chi connectivity index (χ2n) is 8.55. The highest BCUT2D eigenvalue weighted by atomic mass is 16.5. The summed E-state index contributed by atoms with van der Waals surface area (Å²) in [5.74, 6) is -0.102. The zero-order valence-electron chi connectivity index (χ0n) is 20.8. The van der Waals surface area contributed by atoms with E-state index in [1.807, 2.05) is 32.2 Å². The predicted octanol–water partition coefficient (Wildman–Crippen LogP) is 2.02. The Kier molecular flexibility index (Phi) is 8.11. The van der Waals surface area contributed by atoms with Crippen molar-refractivity contribution in [1.82, 2.24) is 24.8 Å². The van der Waals surface area contributed by atoms with Crippen LogP contribution in [0.1, 0.15) is 21.9 Å². The molecule has 188 valence electrons. The van der Waals surface area contributed by atoms with E-state index < -0.39 is 5.91 Å². The number of carbonyl (C=O) groups excluding carboxylic acids is 1. The van der Waals surface area contributed by atoms with Crippen LogP contribution in [0, 0.1) is 13.8 Å². The number of anilines is 2. The fourth-order valence-corrected chi connectivity index (χ4v) is 3.83. The predicted molar refractivity (Wildman–Crippen MR) is 133 cm³/mol. The minimum atomic E-state index is -0.434. The Labute approximate surface area is 204 Å². The van der Waals surface area contributed by atoms with Crippen molar-refractivity contribution in [3.05, 3.63) is 35.3 Å². The van der Waals surface area contributed by atoms with Gasteiger partial charge in [0.05, 0.1) is 19.8 Å². The molecule has 4 rings (SSSR count). The molecule has 35 heavy (non-hydrogen) atoms. The Hall–Kier alpha value is -3.28. The highest BCUT2D eigenvalue weighted by Crippen LogP contribution is 2.25. The van der Waals surface area contributed by atoms with Gasteiger partial charge in [-0.1, -0.05) is 0 Å². The summed E-state index contributed by atoms with van der Waals surface area (Å²) < 4.78 is 16.4. The van der Waals surface area contributed by atoms with Gasteiger partial charge in [-0.15, -0.1) is 0 Å². The minimum absolute atomic E-state index is 0.0114. The second kappa shape index (κ2) is 11.4. The monoisotopic (exact) mass is 483 g/mol. The van der Waals surface area contributed by atoms with Crippen LogP contribution in [0.4, 0.5) is 11.6 Å². The molecule has 3 heterocycles. The number of fused-ring (bicyclic) bond motifs is 1. The summed E-state index contributed by atoms with van der Waals surface area (Å²) in [6.45, 7) is 9.42. The van der Waals surface area contributed by atoms with Crippen molar-refractivity contribution in [1.29, 1.82) is 0 Å². The summed E-state index contributed by atoms with van der Waals surface area (Å²) in [6, 6.07) is 5.86. The average molecular weight is 484 g/mol. The van der Waals surface area contributed by atoms with Crippen molar-refractivity contribution in [2.75, 3.05) is 77.0 Å². The number of ether oxygens (including phenoxy) is 3. The van der Waals surface area contributed by atoms with Crippen LogP contribution in [-0.2, 0) is 9.47 Å². The Bertz CT molecular complexity index is 1160. The number of carbonyl (C=O) groups is 1. The Morgan fingerprint density at radius 2 is 2.00 bits per heavy atom. The molecule has 1 aromatic carbocycles. The molecular formula is C24H33N7O4. The first-order chi connectivity index (χ1) is 16.9. The van der Waals surface area contributed by atoms with E-state index in [-0.39, 0.29) is 11.8 Å². The number of nitrogens with zero attached hydrogens (tertiary/aromatic N) is 5. The van der Waals surface area contributed by atoms with Crippen molar-refractivity contribution >= 4 is 28.4 Å². The maximum atomic E-state index is 13.1. The van der Waals surface area contributed by atoms with Crippen LogP contribution in [0.15, 0.2) is 18.2 Å². The van der Waals surface area contributed by atoms with Crippen molar-refractivity contribution < 1.29 is 19.0 Å². The summed E-state index contributed by atoms with van der Waals surface area (Å²) in [6.07, 6.45) is 0. The van der Waals surface area contributed by atoms with Crippen LogP contribution in [0.5, 0.6) is 6.01 Å². The number of likely N-dealkylation sites (N-methyl/N-ethyl adjacent to an activating group) is 1. The number of amides is 1. The SMILES string of the molecule is COCCN(C)c1nc(OCCN2CCOCC2)nc(C(=O)Nc2ccc3[nH]c(C)c(C)c3c2)n1. The van der Waals surface area contributed by atoms with Gasteiger partial charge in [0, 0.05) is 62.6 Å². The van der Waals surface area contributed by atoms with Gasteiger partial charge in [-0.25, -0.2) is 0 Å². The molecule has 3 aromatic rings. The molecule has 0 unspecified atom stereocenters. The number of aryl methyl sites for hydroxylation is 2. The first-order valence-corrected chi connectivity index (χ1v) is 11.7. The summed E-state index contributed by atoms with van der Waals surface area (Å²) in [5, 5.41) is 3.96. The molecule has 1 fully saturated rings. The van der Waals surface area contributed by atoms with Crippen molar-refractivity contribution in [3.63, 3.8) is 0 Å². The number of aromatic nitrogens is 4. The highest BCUT2D eigenvalue weighted by Gasteiger charge is 2.18. The smallest absolute Gasteiger partial charge is 0.322 e. The standard InChI is InChI=1S/C24H33N7O4/c1-16-17(2)25-20-6-5-18(15-19(16)20)26-22(32)21-27-23(30(3)7-11-33-4)29-24(28-21)35-14-10-31-8-12-34-13-9-31/h5-6,15,25H,7-14H2,1-4H3,(H,26,32). The second-order valence-corrected chi connectivity index (χ2v) is 8.55. The zero-order valence-corrected chi connectivity index (χ0v) is 20.8. The lowest BCUT2D eigenvalue weighted by molar-refractivity contribution is 0.0317. The largest absolute Gasteiger partial charge is 0.462 e. The molecule has 0 bridgehead atoms. The van der Waals surface area contributed by atoms with E-state index >= 15 is 0 Å². The van der Waals surface area contributed by atoms with Gasteiger partial charge in [0.2, 0.25) is 11.8 Å². The topological polar surface area (TPSA) is 118 Å². The molecule has 0 radical (unpaired) electrons. The molecule has 2 N–H and O–H groups in total. The normalized spacial score (nSPS) is 14.3. The molecule has 1 saturated heterocycles. The van der Waals surface area contributed by atoms with Crippen molar-refractivity contribution in [2.45, 2.75) is 13.8 Å². The number of aromatic amines is 1. The number of rotatable bonds is 10. The van der Waals surface area contributed by atoms with E-state index in [2.05, 4.69) is 37.1 Å². The number of hydrogen-bond acceptors (Lipinski definition) is 9. The summed E-state index contributed by atoms with van der Waals surface area (Å²) in [7, 11) is 3.46. The molecule has 11 nitrogen and oxygen atoms in total. The number of H-pyrrole nitrogens is 1. The summed E-state index contributed by atoms with van der Waals surface area (Å²) in [4.78, 5) is 33.6. The van der Waals surface area contributed by atoms with Crippen LogP contribution in [0.2, 0.25) is 0 Å². The molecule has 1 aliphatic rings. The van der Waals surface area contributed by atoms with Gasteiger partial charge in [-0.2, -0.15) is 15.0 Å². The fraction of sp³-hybridized carbons (Fsp3) is 0.500. The summed E-state index contributed by atoms with van der Waals surface area (Å²) >= 11 is 0. The van der Waals surface area contributed by atoms with Crippen molar-refractivity contribution in [2.24, 2.45) is 0 Å². The van der Waals surface area contributed by atoms with E-state index in [0.29, 0.717) is 31.4 Å². The number of morpholine rings is 1. The lowest BCUT2D eigenvalue weighted by atomic mass is 10.1. The maximum Gasteiger partial charge on any atom is 0.322 e. The molecule has 0 aliphatic carbocycles. The van der Waals surface area contributed by atoms with Gasteiger partial charge in [0.15, 0.2) is 0 Å². The van der Waals surface area contributed by atoms with Crippen LogP contribution < -0.4 is 15.0 Å². The van der Waals surface area contributed by atoms with Crippen LogP contribution >= 0.6 is 0 Å². The molecule has 0 atom stereocenters. The van der Waals surface area contributed by atoms with Gasteiger partial charge in [-0.05, 0) is 37.6 Å². The van der Waals surface area contributed by atoms with Crippen molar-refractivity contribution in [3.8, 4) is 6.01 Å². The van der Waals surface area contributed by atoms with Gasteiger partial charge in [0.25, 0.3) is 5.91 Å². The number of nitrogens with one attached hydrogen (secondary N) is 2. The summed E-state index contributed by atoms with van der Waals surface area (Å²) in [5.41, 5.74) is 3.93. The van der Waals surface area contributed by atoms with E-state index in [9.17, 15) is 4.79 Å². The van der Waals surface area contributed by atoms with Gasteiger partial charge >= 0.3 is 6.01 Å². The number of hydrogen-bond donors (Lipinski definition) is 2. The maximum absolute atomic E-state index is 13.1. The molecule has 0 saturated carbocycles. The average Bonchev–Trinajstić information content (AvgIpc) is 3.15. The van der Waals surface area contributed by atoms with E-state index in [0.717, 1.165) is 55.0 Å². The molecule has 0 spiro atoms. The lowest BCUT2D eigenvalue weighted by Gasteiger charge is -2.26. The number of benzene rings is 1. The van der Waals surface area contributed by atoms with Gasteiger partial charge < -0.3 is 29.4 Å². The Balaban J connectivity index is 1.51. The molecule has 1 aliphatic heterocycles. The minimum Gasteiger partial charge on any atom is -0.462 e. The van der Waals surface area contributed by atoms with Crippen LogP contribution in [0.25, 0.3) is 10.9 Å². The fourth-order valence-electron chi connectivity index (χ4n) is 3.83. The third kappa shape index (κ3) is 6.24. The zero-order chi connectivity index (χ0) is 24.8. The third-order valence-electron chi connectivity index (χ3n) is 6.09. The first kappa shape index (κ1) is 24.8. The highest BCUT2D eigenvalue weighted by molar-refractivity contribution is 6.03. The third-order valence-corrected chi connectivity index (χ3v) is 6.09. The number of methoxy groups -OCH3 is 1. The van der Waals surface area contributed by atoms with E-state index in [1.54, 1.807) is 12.0 Å². The molecule has 2 aromatic heterocycles. The molecule has 11 heteroatoms. The first-order valence-electron chi connectivity index (χ1n) is 11.7. The molecular weight excluding hydrogens is 450 g/mol. The van der Waals surface area contributed by atoms with Gasteiger partial charge in [0.1, 0.15) is 6.61 Å². The Morgan fingerprint density at radius 3 is 2.77 bits per heavy atom. The van der Waals surface area contributed by atoms with Crippen LogP contribution in [0.3, 0.4) is 0 Å². The molecule has 1 amide bonds. The quantitative estimate of drug-likeness (QED) is 0.446. The van der Waals surface area contributed by atoms with Crippen LogP contribution in [-0.4, -0.2) is 97.5 Å². The van der Waals surface area contributed by atoms with E-state index in [4.69, 9.17) is 14.2 Å². The Morgan fingerprint density at radius 1 is 1.20 bits per heavy atom. The lowest BCUT2D eigenvalue weighted by Crippen LogP contribution is -2.38. The van der Waals surface area contributed by atoms with Gasteiger partial charge in [-0.3, -0.25) is 9.69 Å². The van der Waals surface area contributed by atoms with E-state index in [1.165, 1.54) is 0 Å².